The molecular weight excluding hydrogens is 350 g/mol. The summed E-state index contributed by atoms with van der Waals surface area (Å²) in [5, 5.41) is 3.07. The molecule has 3 aliphatic carbocycles. The van der Waals surface area contributed by atoms with Gasteiger partial charge < -0.3 is 10.1 Å². The van der Waals surface area contributed by atoms with Crippen LogP contribution in [-0.2, 0) is 19.2 Å². The number of fused-ring (bicyclic) bond motifs is 1. The summed E-state index contributed by atoms with van der Waals surface area (Å²) >= 11 is 7.25. The zero-order chi connectivity index (χ0) is 18.5. The summed E-state index contributed by atoms with van der Waals surface area (Å²) in [5.41, 5.74) is 3.41. The van der Waals surface area contributed by atoms with Gasteiger partial charge in [0.05, 0.1) is 23.9 Å². The summed E-state index contributed by atoms with van der Waals surface area (Å²) in [6, 6.07) is 16.1. The molecule has 134 valence electrons. The number of carbonyl (C=O) groups excluding carboxylic acids is 2. The SMILES string of the molecule is COC(=O)CC1(NC(C)=O)CC2(Cl)c3ccccc3C1c1ccccc12. The van der Waals surface area contributed by atoms with Gasteiger partial charge in [0.2, 0.25) is 5.91 Å². The van der Waals surface area contributed by atoms with Crippen molar-refractivity contribution >= 4 is 23.5 Å². The highest BCUT2D eigenvalue weighted by atomic mass is 35.5. The number of carbonyl (C=O) groups is 2. The fraction of sp³-hybridized carbons (Fsp3) is 0.333. The molecule has 26 heavy (non-hydrogen) atoms. The molecule has 2 bridgehead atoms. The van der Waals surface area contributed by atoms with Crippen molar-refractivity contribution < 1.29 is 14.3 Å². The van der Waals surface area contributed by atoms with E-state index in [2.05, 4.69) is 5.32 Å². The molecule has 1 amide bonds. The molecule has 0 radical (unpaired) electrons. The Morgan fingerprint density at radius 1 is 1.12 bits per heavy atom. The Morgan fingerprint density at radius 3 is 2.15 bits per heavy atom. The number of methoxy groups -OCH3 is 1. The van der Waals surface area contributed by atoms with Gasteiger partial charge in [-0.05, 0) is 28.7 Å². The van der Waals surface area contributed by atoms with Crippen molar-refractivity contribution in [2.45, 2.75) is 36.1 Å². The van der Waals surface area contributed by atoms with Gasteiger partial charge in [-0.1, -0.05) is 48.5 Å². The van der Waals surface area contributed by atoms with Gasteiger partial charge >= 0.3 is 5.97 Å². The zero-order valence-corrected chi connectivity index (χ0v) is 15.5. The second-order valence-corrected chi connectivity index (χ2v) is 7.82. The lowest BCUT2D eigenvalue weighted by atomic mass is 9.54. The Labute approximate surface area is 157 Å². The number of alkyl halides is 1. The lowest BCUT2D eigenvalue weighted by Gasteiger charge is -2.56. The molecule has 0 saturated heterocycles. The van der Waals surface area contributed by atoms with E-state index in [1.165, 1.54) is 14.0 Å². The first-order chi connectivity index (χ1) is 12.4. The molecule has 0 spiro atoms. The van der Waals surface area contributed by atoms with Gasteiger partial charge in [-0.2, -0.15) is 0 Å². The molecule has 5 heteroatoms. The van der Waals surface area contributed by atoms with Gasteiger partial charge in [0.25, 0.3) is 0 Å². The molecule has 5 rings (SSSR count). The average molecular weight is 370 g/mol. The maximum atomic E-state index is 12.3. The molecule has 2 aromatic rings. The van der Waals surface area contributed by atoms with Crippen LogP contribution in [0.4, 0.5) is 0 Å². The minimum Gasteiger partial charge on any atom is -0.469 e. The topological polar surface area (TPSA) is 55.4 Å². The highest BCUT2D eigenvalue weighted by Gasteiger charge is 2.60. The normalized spacial score (nSPS) is 28.0. The molecule has 0 heterocycles. The summed E-state index contributed by atoms with van der Waals surface area (Å²) in [7, 11) is 1.36. The fourth-order valence-corrected chi connectivity index (χ4v) is 5.44. The second kappa shape index (κ2) is 5.85. The molecule has 0 aliphatic heterocycles. The van der Waals surface area contributed by atoms with Crippen LogP contribution in [-0.4, -0.2) is 24.5 Å². The highest BCUT2D eigenvalue weighted by molar-refractivity contribution is 6.27. The van der Waals surface area contributed by atoms with E-state index in [4.69, 9.17) is 16.3 Å². The van der Waals surface area contributed by atoms with E-state index in [0.29, 0.717) is 6.42 Å². The Hall–Kier alpha value is -2.33. The molecule has 0 saturated carbocycles. The summed E-state index contributed by atoms with van der Waals surface area (Å²) in [4.78, 5) is 23.5. The molecule has 4 nitrogen and oxygen atoms in total. The van der Waals surface area contributed by atoms with E-state index in [1.54, 1.807) is 0 Å². The molecule has 1 unspecified atom stereocenters. The number of nitrogens with one attached hydrogen (secondary N) is 1. The second-order valence-electron chi connectivity index (χ2n) is 7.18. The summed E-state index contributed by atoms with van der Waals surface area (Å²) in [6.07, 6.45) is 0.514. The standard InChI is InChI=1S/C21H20ClNO3/c1-13(24)23-20(11-18(25)26-2)12-21(22)16-9-5-3-7-14(16)19(20)15-8-4-6-10-17(15)21/h3-10,19H,11-12H2,1-2H3,(H,23,24). The van der Waals surface area contributed by atoms with Crippen molar-refractivity contribution in [2.24, 2.45) is 0 Å². The fourth-order valence-electron chi connectivity index (χ4n) is 4.86. The molecular formula is C21H20ClNO3. The molecule has 3 aliphatic rings. The summed E-state index contributed by atoms with van der Waals surface area (Å²) < 4.78 is 4.94. The highest BCUT2D eigenvalue weighted by Crippen LogP contribution is 2.62. The van der Waals surface area contributed by atoms with Crippen LogP contribution in [0, 0.1) is 0 Å². The molecule has 2 aromatic carbocycles. The number of hydrogen-bond acceptors (Lipinski definition) is 3. The average Bonchev–Trinajstić information content (AvgIpc) is 2.61. The van der Waals surface area contributed by atoms with Gasteiger partial charge in [-0.15, -0.1) is 11.6 Å². The van der Waals surface area contributed by atoms with E-state index in [1.807, 2.05) is 48.5 Å². The first-order valence-electron chi connectivity index (χ1n) is 8.64. The van der Waals surface area contributed by atoms with E-state index in [9.17, 15) is 9.59 Å². The van der Waals surface area contributed by atoms with Crippen LogP contribution in [0.2, 0.25) is 0 Å². The number of ether oxygens (including phenoxy) is 1. The van der Waals surface area contributed by atoms with Crippen molar-refractivity contribution in [3.63, 3.8) is 0 Å². The first-order valence-corrected chi connectivity index (χ1v) is 9.02. The molecule has 1 N–H and O–H groups in total. The Kier molecular flexibility index (Phi) is 3.85. The van der Waals surface area contributed by atoms with Crippen LogP contribution in [0.1, 0.15) is 47.9 Å². The predicted octanol–water partition coefficient (Wildman–Crippen LogP) is 3.46. The maximum Gasteiger partial charge on any atom is 0.307 e. The van der Waals surface area contributed by atoms with E-state index in [-0.39, 0.29) is 24.2 Å². The Bertz CT molecular complexity index is 862. The predicted molar refractivity (Wildman–Crippen MR) is 99.2 cm³/mol. The smallest absolute Gasteiger partial charge is 0.307 e. The number of hydrogen-bond donors (Lipinski definition) is 1. The van der Waals surface area contributed by atoms with Gasteiger partial charge in [-0.25, -0.2) is 0 Å². The molecule has 1 atom stereocenters. The lowest BCUT2D eigenvalue weighted by molar-refractivity contribution is -0.143. The Balaban J connectivity index is 2.00. The van der Waals surface area contributed by atoms with Gasteiger partial charge in [0, 0.05) is 12.8 Å². The van der Waals surface area contributed by atoms with E-state index in [0.717, 1.165) is 22.3 Å². The van der Waals surface area contributed by atoms with E-state index < -0.39 is 10.4 Å². The Morgan fingerprint density at radius 2 is 1.65 bits per heavy atom. The van der Waals surface area contributed by atoms with Crippen LogP contribution >= 0.6 is 11.6 Å². The van der Waals surface area contributed by atoms with Crippen LogP contribution < -0.4 is 5.32 Å². The molecule has 0 aromatic heterocycles. The van der Waals surface area contributed by atoms with Gasteiger partial charge in [-0.3, -0.25) is 9.59 Å². The third-order valence-corrected chi connectivity index (χ3v) is 6.16. The van der Waals surface area contributed by atoms with Crippen molar-refractivity contribution in [3.05, 3.63) is 70.8 Å². The largest absolute Gasteiger partial charge is 0.469 e. The lowest BCUT2D eigenvalue weighted by Crippen LogP contribution is -2.62. The van der Waals surface area contributed by atoms with Crippen LogP contribution in [0.15, 0.2) is 48.5 Å². The number of benzene rings is 2. The summed E-state index contributed by atoms with van der Waals surface area (Å²) in [6.45, 7) is 1.47. The monoisotopic (exact) mass is 369 g/mol. The zero-order valence-electron chi connectivity index (χ0n) is 14.7. The number of halogens is 1. The van der Waals surface area contributed by atoms with Crippen LogP contribution in [0.25, 0.3) is 0 Å². The van der Waals surface area contributed by atoms with Gasteiger partial charge in [0.15, 0.2) is 0 Å². The summed E-state index contributed by atoms with van der Waals surface area (Å²) in [5.74, 6) is -0.697. The van der Waals surface area contributed by atoms with Gasteiger partial charge in [0.1, 0.15) is 0 Å². The van der Waals surface area contributed by atoms with Crippen molar-refractivity contribution in [1.82, 2.24) is 5.32 Å². The number of amides is 1. The molecule has 0 fully saturated rings. The first kappa shape index (κ1) is 17.1. The minimum atomic E-state index is -0.816. The van der Waals surface area contributed by atoms with Crippen molar-refractivity contribution in [1.29, 1.82) is 0 Å². The van der Waals surface area contributed by atoms with Crippen molar-refractivity contribution in [3.8, 4) is 0 Å². The number of esters is 1. The van der Waals surface area contributed by atoms with Crippen molar-refractivity contribution in [2.75, 3.05) is 7.11 Å². The third-order valence-electron chi connectivity index (χ3n) is 5.62. The quantitative estimate of drug-likeness (QED) is 0.666. The van der Waals surface area contributed by atoms with E-state index >= 15 is 0 Å². The minimum absolute atomic E-state index is 0.0743. The van der Waals surface area contributed by atoms with Crippen LogP contribution in [0.5, 0.6) is 0 Å². The third kappa shape index (κ3) is 2.28. The van der Waals surface area contributed by atoms with Crippen LogP contribution in [0.3, 0.4) is 0 Å². The number of rotatable bonds is 3. The maximum absolute atomic E-state index is 12.3.